The summed E-state index contributed by atoms with van der Waals surface area (Å²) in [5, 5.41) is 2.74. The van der Waals surface area contributed by atoms with Gasteiger partial charge in [0, 0.05) is 23.7 Å². The molecule has 0 radical (unpaired) electrons. The monoisotopic (exact) mass is 358 g/mol. The second kappa shape index (κ2) is 8.86. The van der Waals surface area contributed by atoms with Gasteiger partial charge in [0.15, 0.2) is 0 Å². The van der Waals surface area contributed by atoms with Crippen LogP contribution in [0.15, 0.2) is 29.2 Å². The van der Waals surface area contributed by atoms with Gasteiger partial charge in [0.2, 0.25) is 5.91 Å². The maximum absolute atomic E-state index is 12.4. The molecule has 0 aromatic heterocycles. The van der Waals surface area contributed by atoms with Crippen LogP contribution in [0.25, 0.3) is 0 Å². The Morgan fingerprint density at radius 2 is 2.25 bits per heavy atom. The van der Waals surface area contributed by atoms with Crippen LogP contribution in [-0.4, -0.2) is 42.4 Å². The van der Waals surface area contributed by atoms with Gasteiger partial charge in [-0.05, 0) is 38.0 Å². The Morgan fingerprint density at radius 1 is 1.46 bits per heavy atom. The number of rotatable bonds is 5. The minimum Gasteiger partial charge on any atom is -0.450 e. The van der Waals surface area contributed by atoms with Crippen LogP contribution in [0.5, 0.6) is 0 Å². The fourth-order valence-corrected chi connectivity index (χ4v) is 3.12. The normalized spacial score (nSPS) is 17.7. The highest BCUT2D eigenvalue weighted by atomic mass is 32.2. The number of ether oxygens (including phenoxy) is 1. The van der Waals surface area contributed by atoms with Crippen LogP contribution in [0.1, 0.15) is 19.8 Å². The minimum absolute atomic E-state index is 0.219. The first-order chi connectivity index (χ1) is 11.5. The van der Waals surface area contributed by atoms with Gasteiger partial charge in [0.25, 0.3) is 5.76 Å². The minimum atomic E-state index is -2.51. The number of benzene rings is 1. The Labute approximate surface area is 143 Å². The maximum Gasteiger partial charge on any atom is 0.409 e. The van der Waals surface area contributed by atoms with E-state index in [0.29, 0.717) is 48.5 Å². The summed E-state index contributed by atoms with van der Waals surface area (Å²) in [6.07, 6.45) is 0.983. The quantitative estimate of drug-likeness (QED) is 0.813. The highest BCUT2D eigenvalue weighted by molar-refractivity contribution is 7.99. The van der Waals surface area contributed by atoms with Crippen molar-refractivity contribution in [3.05, 3.63) is 24.3 Å². The summed E-state index contributed by atoms with van der Waals surface area (Å²) < 4.78 is 29.8. The van der Waals surface area contributed by atoms with E-state index in [1.807, 2.05) is 0 Å². The van der Waals surface area contributed by atoms with Crippen molar-refractivity contribution in [3.63, 3.8) is 0 Å². The van der Waals surface area contributed by atoms with Crippen LogP contribution in [0.3, 0.4) is 0 Å². The molecule has 1 N–H and O–H groups in total. The summed E-state index contributed by atoms with van der Waals surface area (Å²) in [4.78, 5) is 26.1. The molecule has 1 atom stereocenters. The Kier molecular flexibility index (Phi) is 6.84. The lowest BCUT2D eigenvalue weighted by atomic mass is 9.97. The van der Waals surface area contributed by atoms with E-state index in [1.165, 1.54) is 11.0 Å². The number of carbonyl (C=O) groups is 2. The fraction of sp³-hybridized carbons (Fsp3) is 0.500. The van der Waals surface area contributed by atoms with Crippen molar-refractivity contribution in [2.75, 3.05) is 25.0 Å². The van der Waals surface area contributed by atoms with Gasteiger partial charge in [0.1, 0.15) is 0 Å². The van der Waals surface area contributed by atoms with E-state index in [2.05, 4.69) is 5.32 Å². The number of nitrogens with zero attached hydrogens (tertiary/aromatic N) is 1. The summed E-state index contributed by atoms with van der Waals surface area (Å²) in [5.74, 6) is -3.06. The zero-order valence-corrected chi connectivity index (χ0v) is 14.2. The number of hydrogen-bond acceptors (Lipinski definition) is 4. The SMILES string of the molecule is CCOC(=O)N1CCCC(C(=O)Nc2cccc(SC(F)F)c2)C1. The molecule has 8 heteroatoms. The first kappa shape index (κ1) is 18.5. The first-order valence-electron chi connectivity index (χ1n) is 7.77. The molecule has 1 fully saturated rings. The maximum atomic E-state index is 12.4. The number of thioether (sulfide) groups is 1. The van der Waals surface area contributed by atoms with E-state index in [9.17, 15) is 18.4 Å². The molecule has 5 nitrogen and oxygen atoms in total. The standard InChI is InChI=1S/C16H20F2N2O3S/c1-2-23-16(22)20-8-4-5-11(10-20)14(21)19-12-6-3-7-13(9-12)24-15(17)18/h3,6-7,9,11,15H,2,4-5,8,10H2,1H3,(H,19,21). The summed E-state index contributed by atoms with van der Waals surface area (Å²) in [7, 11) is 0. The summed E-state index contributed by atoms with van der Waals surface area (Å²) in [6.45, 7) is 2.90. The molecule has 2 rings (SSSR count). The van der Waals surface area contributed by atoms with Crippen molar-refractivity contribution in [3.8, 4) is 0 Å². The molecule has 1 saturated heterocycles. The van der Waals surface area contributed by atoms with Gasteiger partial charge in [-0.15, -0.1) is 0 Å². The molecule has 0 spiro atoms. The lowest BCUT2D eigenvalue weighted by molar-refractivity contribution is -0.121. The molecule has 1 heterocycles. The summed E-state index contributed by atoms with van der Waals surface area (Å²) >= 11 is 0.431. The van der Waals surface area contributed by atoms with E-state index in [4.69, 9.17) is 4.74 Å². The second-order valence-corrected chi connectivity index (χ2v) is 6.44. The zero-order chi connectivity index (χ0) is 17.5. The summed E-state index contributed by atoms with van der Waals surface area (Å²) in [5.41, 5.74) is 0.471. The number of alkyl halides is 2. The van der Waals surface area contributed by atoms with E-state index >= 15 is 0 Å². The fourth-order valence-electron chi connectivity index (χ4n) is 2.57. The molecule has 2 amide bonds. The van der Waals surface area contributed by atoms with Crippen LogP contribution < -0.4 is 5.32 Å². The van der Waals surface area contributed by atoms with Crippen molar-refractivity contribution in [2.24, 2.45) is 5.92 Å². The zero-order valence-electron chi connectivity index (χ0n) is 13.3. The second-order valence-electron chi connectivity index (χ2n) is 5.38. The predicted molar refractivity (Wildman–Crippen MR) is 88.3 cm³/mol. The highest BCUT2D eigenvalue weighted by Gasteiger charge is 2.29. The lowest BCUT2D eigenvalue weighted by Crippen LogP contribution is -2.44. The molecule has 1 aliphatic rings. The Bertz CT molecular complexity index is 586. The number of nitrogens with one attached hydrogen (secondary N) is 1. The number of hydrogen-bond donors (Lipinski definition) is 1. The van der Waals surface area contributed by atoms with Gasteiger partial charge < -0.3 is 15.0 Å². The molecule has 1 aromatic rings. The van der Waals surface area contributed by atoms with Crippen LogP contribution in [-0.2, 0) is 9.53 Å². The Hall–Kier alpha value is -1.83. The van der Waals surface area contributed by atoms with Gasteiger partial charge in [0.05, 0.1) is 12.5 Å². The molecule has 1 unspecified atom stereocenters. The molecule has 132 valence electrons. The number of amides is 2. The van der Waals surface area contributed by atoms with Gasteiger partial charge in [-0.2, -0.15) is 8.78 Å². The van der Waals surface area contributed by atoms with Crippen LogP contribution in [0.2, 0.25) is 0 Å². The molecule has 0 aliphatic carbocycles. The van der Waals surface area contributed by atoms with E-state index in [-0.39, 0.29) is 11.8 Å². The third-order valence-electron chi connectivity index (χ3n) is 3.64. The number of likely N-dealkylation sites (tertiary alicyclic amines) is 1. The van der Waals surface area contributed by atoms with Crippen LogP contribution >= 0.6 is 11.8 Å². The Morgan fingerprint density at radius 3 is 2.96 bits per heavy atom. The largest absolute Gasteiger partial charge is 0.450 e. The molecular formula is C16H20F2N2O3S. The average molecular weight is 358 g/mol. The molecule has 1 aromatic carbocycles. The Balaban J connectivity index is 1.95. The molecule has 0 saturated carbocycles. The highest BCUT2D eigenvalue weighted by Crippen LogP contribution is 2.27. The topological polar surface area (TPSA) is 58.6 Å². The number of anilines is 1. The van der Waals surface area contributed by atoms with Crippen molar-refractivity contribution in [1.29, 1.82) is 0 Å². The number of carbonyl (C=O) groups excluding carboxylic acids is 2. The van der Waals surface area contributed by atoms with Crippen molar-refractivity contribution >= 4 is 29.4 Å². The smallest absolute Gasteiger partial charge is 0.409 e. The van der Waals surface area contributed by atoms with Crippen molar-refractivity contribution < 1.29 is 23.1 Å². The molecular weight excluding hydrogens is 338 g/mol. The third kappa shape index (κ3) is 5.36. The third-order valence-corrected chi connectivity index (χ3v) is 4.35. The van der Waals surface area contributed by atoms with E-state index in [1.54, 1.807) is 25.1 Å². The van der Waals surface area contributed by atoms with Crippen LogP contribution in [0, 0.1) is 5.92 Å². The summed E-state index contributed by atoms with van der Waals surface area (Å²) in [6, 6.07) is 6.35. The van der Waals surface area contributed by atoms with Gasteiger partial charge in [-0.3, -0.25) is 4.79 Å². The van der Waals surface area contributed by atoms with Crippen molar-refractivity contribution in [1.82, 2.24) is 4.90 Å². The first-order valence-corrected chi connectivity index (χ1v) is 8.65. The molecule has 1 aliphatic heterocycles. The lowest BCUT2D eigenvalue weighted by Gasteiger charge is -2.31. The van der Waals surface area contributed by atoms with Gasteiger partial charge in [-0.1, -0.05) is 17.8 Å². The van der Waals surface area contributed by atoms with Crippen molar-refractivity contribution in [2.45, 2.75) is 30.4 Å². The molecule has 24 heavy (non-hydrogen) atoms. The predicted octanol–water partition coefficient (Wildman–Crippen LogP) is 3.81. The van der Waals surface area contributed by atoms with E-state index in [0.717, 1.165) is 6.42 Å². The van der Waals surface area contributed by atoms with E-state index < -0.39 is 11.9 Å². The van der Waals surface area contributed by atoms with Gasteiger partial charge in [-0.25, -0.2) is 4.79 Å². The van der Waals surface area contributed by atoms with Gasteiger partial charge >= 0.3 is 6.09 Å². The number of piperidine rings is 1. The average Bonchev–Trinajstić information content (AvgIpc) is 2.55. The molecule has 0 bridgehead atoms. The van der Waals surface area contributed by atoms with Crippen LogP contribution in [0.4, 0.5) is 19.3 Å². The number of halogens is 2.